The summed E-state index contributed by atoms with van der Waals surface area (Å²) in [5.74, 6) is -0.516. The molecule has 6 heteroatoms. The number of thiophene rings is 1. The number of anilines is 1. The number of ether oxygens (including phenoxy) is 1. The van der Waals surface area contributed by atoms with Crippen LogP contribution in [0.25, 0.3) is 0 Å². The van der Waals surface area contributed by atoms with E-state index in [4.69, 9.17) is 4.74 Å². The minimum atomic E-state index is -0.372. The van der Waals surface area contributed by atoms with Crippen molar-refractivity contribution in [3.63, 3.8) is 0 Å². The van der Waals surface area contributed by atoms with Crippen LogP contribution in [-0.4, -0.2) is 19.0 Å². The summed E-state index contributed by atoms with van der Waals surface area (Å²) in [6.07, 6.45) is 6.80. The van der Waals surface area contributed by atoms with Gasteiger partial charge in [-0.2, -0.15) is 0 Å². The van der Waals surface area contributed by atoms with Crippen molar-refractivity contribution in [1.29, 1.82) is 0 Å². The zero-order valence-corrected chi connectivity index (χ0v) is 15.4. The van der Waals surface area contributed by atoms with Gasteiger partial charge in [-0.25, -0.2) is 4.79 Å². The second-order valence-electron chi connectivity index (χ2n) is 5.61. The van der Waals surface area contributed by atoms with E-state index in [1.54, 1.807) is 11.3 Å². The Hall–Kier alpha value is -0.890. The van der Waals surface area contributed by atoms with Gasteiger partial charge in [-0.3, -0.25) is 4.79 Å². The third-order valence-corrected chi connectivity index (χ3v) is 7.02. The molecule has 0 spiro atoms. The number of esters is 1. The molecule has 2 aliphatic rings. The molecule has 0 saturated heterocycles. The monoisotopic (exact) mass is 431 g/mol. The largest absolute Gasteiger partial charge is 0.466 e. The number of hydrogen-bond acceptors (Lipinski definition) is 4. The third-order valence-electron chi connectivity index (χ3n) is 4.26. The first-order valence-electron chi connectivity index (χ1n) is 7.53. The molecule has 0 radical (unpaired) electrons. The van der Waals surface area contributed by atoms with E-state index in [9.17, 15) is 9.59 Å². The Labute approximate surface area is 147 Å². The minimum absolute atomic E-state index is 0.144. The van der Waals surface area contributed by atoms with Crippen LogP contribution in [-0.2, 0) is 27.2 Å². The number of amides is 1. The number of carbonyl (C=O) groups is 2. The summed E-state index contributed by atoms with van der Waals surface area (Å²) in [7, 11) is 1.36. The molecule has 0 aliphatic heterocycles. The first kappa shape index (κ1) is 16.0. The first-order chi connectivity index (χ1) is 10.6. The topological polar surface area (TPSA) is 55.4 Å². The van der Waals surface area contributed by atoms with Crippen LogP contribution in [0.1, 0.15) is 42.5 Å². The van der Waals surface area contributed by atoms with Gasteiger partial charge in [0, 0.05) is 16.0 Å². The smallest absolute Gasteiger partial charge is 0.334 e. The van der Waals surface area contributed by atoms with Gasteiger partial charge in [-0.15, -0.1) is 11.3 Å². The molecular weight excluding hydrogens is 413 g/mol. The van der Waals surface area contributed by atoms with Crippen LogP contribution in [0.2, 0.25) is 0 Å². The summed E-state index contributed by atoms with van der Waals surface area (Å²) >= 11 is 4.02. The van der Waals surface area contributed by atoms with E-state index in [-0.39, 0.29) is 11.9 Å². The second-order valence-corrected chi connectivity index (χ2v) is 7.79. The van der Waals surface area contributed by atoms with Gasteiger partial charge < -0.3 is 10.1 Å². The van der Waals surface area contributed by atoms with Gasteiger partial charge in [0.1, 0.15) is 5.00 Å². The van der Waals surface area contributed by atoms with E-state index >= 15 is 0 Å². The maximum Gasteiger partial charge on any atom is 0.334 e. The maximum absolute atomic E-state index is 12.5. The lowest BCUT2D eigenvalue weighted by Crippen LogP contribution is -2.17. The third kappa shape index (κ3) is 2.95. The Morgan fingerprint density at radius 1 is 1.09 bits per heavy atom. The SMILES string of the molecule is COC(=O)C1=C(C(=O)Nc2sc3c(c2I)CCCC3)CCC1. The van der Waals surface area contributed by atoms with Crippen molar-refractivity contribution in [3.8, 4) is 0 Å². The van der Waals surface area contributed by atoms with Crippen molar-refractivity contribution >= 4 is 50.8 Å². The van der Waals surface area contributed by atoms with Crippen LogP contribution in [0.3, 0.4) is 0 Å². The Bertz CT molecular complexity index is 663. The molecule has 1 aromatic heterocycles. The lowest BCUT2D eigenvalue weighted by molar-refractivity contribution is -0.136. The predicted molar refractivity (Wildman–Crippen MR) is 95.2 cm³/mol. The molecule has 0 saturated carbocycles. The summed E-state index contributed by atoms with van der Waals surface area (Å²) in [4.78, 5) is 25.7. The van der Waals surface area contributed by atoms with E-state index in [1.807, 2.05) is 0 Å². The Morgan fingerprint density at radius 3 is 2.55 bits per heavy atom. The van der Waals surface area contributed by atoms with Crippen LogP contribution in [0.15, 0.2) is 11.1 Å². The fourth-order valence-corrected chi connectivity index (χ4v) is 5.55. The van der Waals surface area contributed by atoms with Gasteiger partial charge in [0.25, 0.3) is 5.91 Å². The van der Waals surface area contributed by atoms with Gasteiger partial charge in [0.2, 0.25) is 0 Å². The van der Waals surface area contributed by atoms with Crippen molar-refractivity contribution in [3.05, 3.63) is 25.2 Å². The fraction of sp³-hybridized carbons (Fsp3) is 0.500. The number of fused-ring (bicyclic) bond motifs is 1. The van der Waals surface area contributed by atoms with Gasteiger partial charge in [0.15, 0.2) is 0 Å². The number of methoxy groups -OCH3 is 1. The highest BCUT2D eigenvalue weighted by molar-refractivity contribution is 14.1. The summed E-state index contributed by atoms with van der Waals surface area (Å²) in [5.41, 5.74) is 2.53. The Balaban J connectivity index is 1.83. The summed E-state index contributed by atoms with van der Waals surface area (Å²) in [6, 6.07) is 0. The normalized spacial score (nSPS) is 17.4. The molecule has 0 aromatic carbocycles. The quantitative estimate of drug-likeness (QED) is 0.585. The number of nitrogens with one attached hydrogen (secondary N) is 1. The Morgan fingerprint density at radius 2 is 1.82 bits per heavy atom. The van der Waals surface area contributed by atoms with E-state index in [0.29, 0.717) is 24.0 Å². The molecule has 0 atom stereocenters. The minimum Gasteiger partial charge on any atom is -0.466 e. The molecule has 3 rings (SSSR count). The molecule has 0 fully saturated rings. The summed E-state index contributed by atoms with van der Waals surface area (Å²) < 4.78 is 5.95. The van der Waals surface area contributed by atoms with Crippen LogP contribution < -0.4 is 5.32 Å². The number of aryl methyl sites for hydroxylation is 1. The van der Waals surface area contributed by atoms with E-state index in [2.05, 4.69) is 27.9 Å². The average Bonchev–Trinajstić information content (AvgIpc) is 3.13. The van der Waals surface area contributed by atoms with Gasteiger partial charge in [0.05, 0.1) is 10.7 Å². The van der Waals surface area contributed by atoms with Gasteiger partial charge >= 0.3 is 5.97 Å². The van der Waals surface area contributed by atoms with E-state index in [0.717, 1.165) is 24.3 Å². The molecule has 1 N–H and O–H groups in total. The van der Waals surface area contributed by atoms with E-state index in [1.165, 1.54) is 34.0 Å². The lowest BCUT2D eigenvalue weighted by Gasteiger charge is -2.10. The van der Waals surface area contributed by atoms with Crippen molar-refractivity contribution in [1.82, 2.24) is 0 Å². The molecule has 2 aliphatic carbocycles. The number of rotatable bonds is 3. The molecule has 22 heavy (non-hydrogen) atoms. The predicted octanol–water partition coefficient (Wildman–Crippen LogP) is 3.82. The van der Waals surface area contributed by atoms with Crippen LogP contribution >= 0.6 is 33.9 Å². The van der Waals surface area contributed by atoms with Gasteiger partial charge in [-0.05, 0) is 73.1 Å². The lowest BCUT2D eigenvalue weighted by atomic mass is 9.99. The number of hydrogen-bond donors (Lipinski definition) is 1. The van der Waals surface area contributed by atoms with Crippen molar-refractivity contribution in [2.75, 3.05) is 12.4 Å². The molecule has 0 bridgehead atoms. The zero-order chi connectivity index (χ0) is 15.7. The highest BCUT2D eigenvalue weighted by Gasteiger charge is 2.27. The molecule has 1 heterocycles. The standard InChI is InChI=1S/C16H18INO3S/c1-21-16(20)10-7-4-6-9(10)14(19)18-15-13(17)11-5-2-3-8-12(11)22-15/h2-8H2,1H3,(H,18,19). The second kappa shape index (κ2) is 6.70. The summed E-state index contributed by atoms with van der Waals surface area (Å²) in [6.45, 7) is 0. The highest BCUT2D eigenvalue weighted by Crippen LogP contribution is 2.39. The molecule has 118 valence electrons. The number of halogens is 1. The van der Waals surface area contributed by atoms with Gasteiger partial charge in [-0.1, -0.05) is 0 Å². The molecule has 1 amide bonds. The van der Waals surface area contributed by atoms with E-state index < -0.39 is 0 Å². The summed E-state index contributed by atoms with van der Waals surface area (Å²) in [5, 5.41) is 3.96. The maximum atomic E-state index is 12.5. The van der Waals surface area contributed by atoms with Crippen molar-refractivity contribution < 1.29 is 14.3 Å². The first-order valence-corrected chi connectivity index (χ1v) is 9.43. The van der Waals surface area contributed by atoms with Crippen molar-refractivity contribution in [2.45, 2.75) is 44.9 Å². The number of carbonyl (C=O) groups excluding carboxylic acids is 2. The van der Waals surface area contributed by atoms with Crippen molar-refractivity contribution in [2.24, 2.45) is 0 Å². The van der Waals surface area contributed by atoms with Crippen LogP contribution in [0, 0.1) is 3.57 Å². The van der Waals surface area contributed by atoms with Crippen LogP contribution in [0.5, 0.6) is 0 Å². The fourth-order valence-electron chi connectivity index (χ4n) is 3.13. The Kier molecular flexibility index (Phi) is 4.87. The average molecular weight is 431 g/mol. The zero-order valence-electron chi connectivity index (χ0n) is 12.5. The molecular formula is C16H18INO3S. The molecule has 4 nitrogen and oxygen atoms in total. The molecule has 1 aromatic rings. The highest BCUT2D eigenvalue weighted by atomic mass is 127. The molecule has 0 unspecified atom stereocenters. The van der Waals surface area contributed by atoms with Crippen LogP contribution in [0.4, 0.5) is 5.00 Å².